The first kappa shape index (κ1) is 25.1. The first-order chi connectivity index (χ1) is 14.2. The highest BCUT2D eigenvalue weighted by molar-refractivity contribution is 6.97. The van der Waals surface area contributed by atoms with Crippen LogP contribution in [-0.2, 0) is 22.6 Å². The summed E-state index contributed by atoms with van der Waals surface area (Å²) < 4.78 is 1.47. The highest BCUT2D eigenvalue weighted by Gasteiger charge is 2.04. The Kier molecular flexibility index (Phi) is 10.6. The third-order valence-corrected chi connectivity index (χ3v) is 4.37. The summed E-state index contributed by atoms with van der Waals surface area (Å²) in [7, 11) is 0. The summed E-state index contributed by atoms with van der Waals surface area (Å²) in [5.74, 6) is 0. The molecular formula is C21H23Cl2N3O4. The second-order valence-electron chi connectivity index (χ2n) is 6.02. The number of nitrogens with one attached hydrogen (secondary N) is 1. The zero-order valence-corrected chi connectivity index (χ0v) is 18.2. The molecule has 1 aromatic heterocycles. The van der Waals surface area contributed by atoms with Crippen LogP contribution in [0.2, 0.25) is 0 Å². The van der Waals surface area contributed by atoms with Crippen LogP contribution in [0.4, 0.5) is 5.69 Å². The number of fused-ring (bicyclic) bond motifs is 1. The third kappa shape index (κ3) is 7.50. The van der Waals surface area contributed by atoms with E-state index in [0.29, 0.717) is 12.1 Å². The molecule has 0 spiro atoms. The van der Waals surface area contributed by atoms with Crippen LogP contribution in [0.25, 0.3) is 11.0 Å². The van der Waals surface area contributed by atoms with E-state index < -0.39 is 21.6 Å². The number of carbonyl (C=O) groups is 2. The number of halogens is 2. The molecule has 0 aliphatic carbocycles. The smallest absolute Gasteiger partial charge is 0.316 e. The monoisotopic (exact) mass is 451 g/mol. The second-order valence-corrected chi connectivity index (χ2v) is 6.70. The fourth-order valence-electron chi connectivity index (χ4n) is 2.57. The van der Waals surface area contributed by atoms with Gasteiger partial charge in [0.25, 0.3) is 0 Å². The van der Waals surface area contributed by atoms with Crippen LogP contribution < -0.4 is 16.9 Å². The molecule has 160 valence electrons. The van der Waals surface area contributed by atoms with Gasteiger partial charge in [0.2, 0.25) is 0 Å². The normalized spacial score (nSPS) is 9.73. The van der Waals surface area contributed by atoms with Gasteiger partial charge in [0.1, 0.15) is 0 Å². The Labute approximate surface area is 183 Å². The van der Waals surface area contributed by atoms with E-state index >= 15 is 0 Å². The van der Waals surface area contributed by atoms with Crippen LogP contribution in [0, 0.1) is 0 Å². The van der Waals surface area contributed by atoms with Gasteiger partial charge < -0.3 is 15.3 Å². The summed E-state index contributed by atoms with van der Waals surface area (Å²) in [6, 6.07) is 15.3. The van der Waals surface area contributed by atoms with Crippen molar-refractivity contribution < 1.29 is 9.59 Å². The largest absolute Gasteiger partial charge is 0.399 e. The number of anilines is 1. The van der Waals surface area contributed by atoms with E-state index in [0.717, 1.165) is 24.0 Å². The fraction of sp³-hybridized carbons (Fsp3) is 0.238. The number of H-pyrrole nitrogens is 1. The van der Waals surface area contributed by atoms with Crippen LogP contribution in [0.15, 0.2) is 58.1 Å². The number of aryl methyl sites for hydroxylation is 2. The van der Waals surface area contributed by atoms with Gasteiger partial charge in [-0.1, -0.05) is 43.7 Å². The number of para-hydroxylation sites is 3. The van der Waals surface area contributed by atoms with Crippen LogP contribution in [0.3, 0.4) is 0 Å². The lowest BCUT2D eigenvalue weighted by atomic mass is 10.1. The molecule has 1 heterocycles. The summed E-state index contributed by atoms with van der Waals surface area (Å²) in [6.45, 7) is 4.50. The maximum absolute atomic E-state index is 11.4. The van der Waals surface area contributed by atoms with E-state index in [-0.39, 0.29) is 0 Å². The molecule has 0 atom stereocenters. The minimum atomic E-state index is -1.14. The summed E-state index contributed by atoms with van der Waals surface area (Å²) >= 11 is 8.98. The molecule has 0 amide bonds. The van der Waals surface area contributed by atoms with Crippen molar-refractivity contribution in [3.63, 3.8) is 0 Å². The van der Waals surface area contributed by atoms with Gasteiger partial charge in [0, 0.05) is 12.2 Å². The predicted octanol–water partition coefficient (Wildman–Crippen LogP) is 3.45. The second kappa shape index (κ2) is 12.6. The third-order valence-electron chi connectivity index (χ3n) is 3.93. The van der Waals surface area contributed by atoms with Gasteiger partial charge in [0.05, 0.1) is 11.0 Å². The van der Waals surface area contributed by atoms with E-state index in [4.69, 9.17) is 5.73 Å². The molecular weight excluding hydrogens is 429 g/mol. The molecule has 7 nitrogen and oxygen atoms in total. The average Bonchev–Trinajstić information content (AvgIpc) is 2.72. The Morgan fingerprint density at radius 3 is 2.07 bits per heavy atom. The number of nitrogens with two attached hydrogens (primary N) is 1. The molecule has 0 unspecified atom stereocenters. The molecule has 0 saturated heterocycles. The highest BCUT2D eigenvalue weighted by atomic mass is 35.5. The molecule has 0 aliphatic rings. The van der Waals surface area contributed by atoms with Crippen molar-refractivity contribution in [1.82, 2.24) is 9.55 Å². The quantitative estimate of drug-likeness (QED) is 0.358. The Morgan fingerprint density at radius 2 is 1.53 bits per heavy atom. The summed E-state index contributed by atoms with van der Waals surface area (Å²) in [5.41, 5.74) is 8.29. The van der Waals surface area contributed by atoms with E-state index in [9.17, 15) is 19.2 Å². The summed E-state index contributed by atoms with van der Waals surface area (Å²) in [5, 5.41) is -2.28. The molecule has 9 heteroatoms. The SMILES string of the molecule is CCCc1ccccc1N.CCn1c(=O)c(=O)[nH]c2ccccc21.O=C(Cl)C(=O)Cl. The maximum Gasteiger partial charge on any atom is 0.316 e. The van der Waals surface area contributed by atoms with E-state index in [2.05, 4.69) is 41.2 Å². The minimum Gasteiger partial charge on any atom is -0.399 e. The van der Waals surface area contributed by atoms with Crippen molar-refractivity contribution in [2.24, 2.45) is 0 Å². The Morgan fingerprint density at radius 1 is 0.967 bits per heavy atom. The van der Waals surface area contributed by atoms with Gasteiger partial charge in [-0.25, -0.2) is 0 Å². The van der Waals surface area contributed by atoms with Crippen LogP contribution in [0.5, 0.6) is 0 Å². The van der Waals surface area contributed by atoms with Gasteiger partial charge in [-0.2, -0.15) is 0 Å². The number of nitrogens with zero attached hydrogens (tertiary/aromatic N) is 1. The lowest BCUT2D eigenvalue weighted by Crippen LogP contribution is -2.35. The standard InChI is InChI=1S/C10H10N2O2.C9H13N.C2Cl2O2/c1-2-12-8-6-4-3-5-7(8)11-9(13)10(12)14;1-2-5-8-6-3-4-7-9(8)10;3-1(5)2(4)6/h3-6H,2H2,1H3,(H,11,13);3-4,6-7H,2,5,10H2,1H3;. The molecule has 3 N–H and O–H groups in total. The van der Waals surface area contributed by atoms with Crippen molar-refractivity contribution in [3.05, 3.63) is 74.8 Å². The number of nitrogen functional groups attached to an aromatic ring is 1. The van der Waals surface area contributed by atoms with Crippen molar-refractivity contribution in [1.29, 1.82) is 0 Å². The molecule has 3 rings (SSSR count). The highest BCUT2D eigenvalue weighted by Crippen LogP contribution is 2.11. The fourth-order valence-corrected chi connectivity index (χ4v) is 2.57. The topological polar surface area (TPSA) is 115 Å². The van der Waals surface area contributed by atoms with Gasteiger partial charge in [0.15, 0.2) is 0 Å². The molecule has 3 aromatic rings. The van der Waals surface area contributed by atoms with E-state index in [1.54, 1.807) is 6.07 Å². The molecule has 0 radical (unpaired) electrons. The lowest BCUT2D eigenvalue weighted by molar-refractivity contribution is -0.127. The number of hydrogen-bond donors (Lipinski definition) is 2. The van der Waals surface area contributed by atoms with Crippen LogP contribution in [0.1, 0.15) is 25.8 Å². The number of aromatic nitrogens is 2. The molecule has 2 aromatic carbocycles. The van der Waals surface area contributed by atoms with Gasteiger partial charge in [-0.05, 0) is 60.3 Å². The number of carbonyl (C=O) groups excluding carboxylic acids is 2. The van der Waals surface area contributed by atoms with Gasteiger partial charge in [-0.3, -0.25) is 19.2 Å². The molecule has 0 fully saturated rings. The van der Waals surface area contributed by atoms with Crippen molar-refractivity contribution in [2.75, 3.05) is 5.73 Å². The predicted molar refractivity (Wildman–Crippen MR) is 121 cm³/mol. The molecule has 0 saturated carbocycles. The maximum atomic E-state index is 11.4. The van der Waals surface area contributed by atoms with E-state index in [1.165, 1.54) is 10.1 Å². The Balaban J connectivity index is 0.000000247. The lowest BCUT2D eigenvalue weighted by Gasteiger charge is -2.05. The first-order valence-corrected chi connectivity index (χ1v) is 9.92. The average molecular weight is 452 g/mol. The number of hydrogen-bond acceptors (Lipinski definition) is 5. The Hall–Kier alpha value is -2.90. The minimum absolute atomic E-state index is 0.494. The number of aromatic amines is 1. The zero-order chi connectivity index (χ0) is 22.7. The molecule has 0 aliphatic heterocycles. The van der Waals surface area contributed by atoms with Crippen molar-refractivity contribution in [2.45, 2.75) is 33.2 Å². The molecule has 0 bridgehead atoms. The van der Waals surface area contributed by atoms with Gasteiger partial charge in [-0.15, -0.1) is 0 Å². The number of benzene rings is 2. The van der Waals surface area contributed by atoms with E-state index in [1.807, 2.05) is 43.3 Å². The van der Waals surface area contributed by atoms with Crippen LogP contribution >= 0.6 is 23.2 Å². The summed E-state index contributed by atoms with van der Waals surface area (Å²) in [4.78, 5) is 44.1. The summed E-state index contributed by atoms with van der Waals surface area (Å²) in [6.07, 6.45) is 2.25. The van der Waals surface area contributed by atoms with Crippen LogP contribution in [-0.4, -0.2) is 20.0 Å². The Bertz CT molecular complexity index is 1110. The number of rotatable bonds is 4. The van der Waals surface area contributed by atoms with Crippen molar-refractivity contribution in [3.8, 4) is 0 Å². The van der Waals surface area contributed by atoms with Crippen molar-refractivity contribution >= 4 is 50.4 Å². The zero-order valence-electron chi connectivity index (χ0n) is 16.7. The molecule has 30 heavy (non-hydrogen) atoms. The first-order valence-electron chi connectivity index (χ1n) is 9.17. The van der Waals surface area contributed by atoms with Gasteiger partial charge >= 0.3 is 21.6 Å².